The van der Waals surface area contributed by atoms with E-state index in [1.165, 1.54) is 0 Å². The van der Waals surface area contributed by atoms with Crippen molar-refractivity contribution in [2.45, 2.75) is 65.6 Å². The first-order valence-corrected chi connectivity index (χ1v) is 14.7. The maximum Gasteiger partial charge on any atom is 0.305 e. The van der Waals surface area contributed by atoms with Gasteiger partial charge >= 0.3 is 11.9 Å². The molecule has 0 N–H and O–H groups in total. The Labute approximate surface area is 247 Å². The third kappa shape index (κ3) is 9.48. The van der Waals surface area contributed by atoms with Crippen molar-refractivity contribution in [3.63, 3.8) is 0 Å². The van der Waals surface area contributed by atoms with Crippen molar-refractivity contribution >= 4 is 45.1 Å². The Bertz CT molecular complexity index is 1280. The van der Waals surface area contributed by atoms with Crippen LogP contribution in [0.4, 0.5) is 0 Å². The minimum Gasteiger partial charge on any atom is -0.488 e. The highest BCUT2D eigenvalue weighted by molar-refractivity contribution is 6.31. The Hall–Kier alpha value is -3.07. The molecule has 0 heterocycles. The number of carbonyl (C=O) groups is 2. The van der Waals surface area contributed by atoms with E-state index in [-0.39, 0.29) is 51.2 Å². The van der Waals surface area contributed by atoms with E-state index in [0.717, 1.165) is 34.4 Å². The second-order valence-corrected chi connectivity index (χ2v) is 10.0. The fourth-order valence-corrected chi connectivity index (χ4v) is 4.40. The maximum atomic E-state index is 12.1. The minimum absolute atomic E-state index is 0.102. The van der Waals surface area contributed by atoms with Crippen LogP contribution in [-0.4, -0.2) is 63.8 Å². The number of rotatable bonds is 18. The molecule has 0 radical (unpaired) electrons. The number of halogens is 1. The molecule has 0 aliphatic heterocycles. The first-order valence-electron chi connectivity index (χ1n) is 14.4. The number of hydrogen-bond acceptors (Lipinski definition) is 8. The molecule has 3 aromatic rings. The van der Waals surface area contributed by atoms with E-state index >= 15 is 0 Å². The van der Waals surface area contributed by atoms with Crippen LogP contribution in [0.25, 0.3) is 21.5 Å². The number of hydrogen-bond donors (Lipinski definition) is 0. The highest BCUT2D eigenvalue weighted by atomic mass is 35.5. The molecular formula is C32H41ClO8. The Morgan fingerprint density at radius 3 is 1.59 bits per heavy atom. The summed E-state index contributed by atoms with van der Waals surface area (Å²) in [6.45, 7) is 9.34. The maximum absolute atomic E-state index is 12.1. The molecule has 2 atom stereocenters. The SMILES string of the molecule is CCCOCC(COc1c2ccccc2c(OCC(COCCC)OC(=O)CC)c2cc(Cl)ccc12)OC(=O)CC. The molecule has 9 heteroatoms. The molecule has 3 aromatic carbocycles. The molecule has 0 saturated carbocycles. The second kappa shape index (κ2) is 17.0. The van der Waals surface area contributed by atoms with E-state index in [0.29, 0.717) is 29.7 Å². The lowest BCUT2D eigenvalue weighted by Crippen LogP contribution is -2.30. The predicted octanol–water partition coefficient (Wildman–Crippen LogP) is 6.90. The average molecular weight is 589 g/mol. The Morgan fingerprint density at radius 1 is 0.659 bits per heavy atom. The van der Waals surface area contributed by atoms with Gasteiger partial charge in [0.15, 0.2) is 12.2 Å². The van der Waals surface area contributed by atoms with Crippen LogP contribution in [0.1, 0.15) is 53.4 Å². The zero-order valence-corrected chi connectivity index (χ0v) is 25.2. The summed E-state index contributed by atoms with van der Waals surface area (Å²) in [7, 11) is 0. The summed E-state index contributed by atoms with van der Waals surface area (Å²) in [5.41, 5.74) is 0. The highest BCUT2D eigenvalue weighted by Crippen LogP contribution is 2.43. The summed E-state index contributed by atoms with van der Waals surface area (Å²) < 4.78 is 35.3. The van der Waals surface area contributed by atoms with Crippen LogP contribution in [-0.2, 0) is 28.5 Å². The molecule has 0 fully saturated rings. The van der Waals surface area contributed by atoms with E-state index in [4.69, 9.17) is 40.0 Å². The molecule has 0 aliphatic rings. The molecule has 2 unspecified atom stereocenters. The van der Waals surface area contributed by atoms with Gasteiger partial charge in [-0.2, -0.15) is 0 Å². The van der Waals surface area contributed by atoms with Crippen LogP contribution in [0, 0.1) is 0 Å². The van der Waals surface area contributed by atoms with Crippen LogP contribution in [0.5, 0.6) is 11.5 Å². The lowest BCUT2D eigenvalue weighted by atomic mass is 10.0. The van der Waals surface area contributed by atoms with Crippen molar-refractivity contribution in [3.05, 3.63) is 47.5 Å². The standard InChI is InChI=1S/C32H41ClO8/c1-5-15-36-18-23(40-29(34)7-3)20-38-31-25-11-9-10-12-26(25)32(28-17-22(33)13-14-27(28)31)39-21-24(19-37-16-6-2)41-30(35)8-4/h9-14,17,23-24H,5-8,15-16,18-21H2,1-4H3. The van der Waals surface area contributed by atoms with Crippen molar-refractivity contribution in [1.29, 1.82) is 0 Å². The van der Waals surface area contributed by atoms with E-state index < -0.39 is 12.2 Å². The lowest BCUT2D eigenvalue weighted by molar-refractivity contribution is -0.154. The zero-order valence-electron chi connectivity index (χ0n) is 24.4. The molecule has 224 valence electrons. The van der Waals surface area contributed by atoms with Crippen molar-refractivity contribution in [2.75, 3.05) is 39.6 Å². The third-order valence-electron chi connectivity index (χ3n) is 6.19. The summed E-state index contributed by atoms with van der Waals surface area (Å²) in [6, 6.07) is 13.2. The smallest absolute Gasteiger partial charge is 0.305 e. The van der Waals surface area contributed by atoms with Gasteiger partial charge in [0.1, 0.15) is 24.7 Å². The monoisotopic (exact) mass is 588 g/mol. The number of benzene rings is 3. The Balaban J connectivity index is 1.97. The molecular weight excluding hydrogens is 548 g/mol. The average Bonchev–Trinajstić information content (AvgIpc) is 2.98. The highest BCUT2D eigenvalue weighted by Gasteiger charge is 2.22. The van der Waals surface area contributed by atoms with E-state index in [1.807, 2.05) is 50.2 Å². The molecule has 3 rings (SSSR count). The van der Waals surface area contributed by atoms with E-state index in [9.17, 15) is 9.59 Å². The van der Waals surface area contributed by atoms with Gasteiger partial charge < -0.3 is 28.4 Å². The van der Waals surface area contributed by atoms with Crippen molar-refractivity contribution in [3.8, 4) is 11.5 Å². The molecule has 0 aliphatic carbocycles. The molecule has 8 nitrogen and oxygen atoms in total. The van der Waals surface area contributed by atoms with Gasteiger partial charge in [0.05, 0.1) is 13.2 Å². The van der Waals surface area contributed by atoms with Crippen molar-refractivity contribution in [1.82, 2.24) is 0 Å². The van der Waals surface area contributed by atoms with Crippen LogP contribution in [0.3, 0.4) is 0 Å². The predicted molar refractivity (Wildman–Crippen MR) is 160 cm³/mol. The number of carbonyl (C=O) groups excluding carboxylic acids is 2. The number of esters is 2. The third-order valence-corrected chi connectivity index (χ3v) is 6.43. The van der Waals surface area contributed by atoms with Crippen LogP contribution in [0.2, 0.25) is 5.02 Å². The van der Waals surface area contributed by atoms with Gasteiger partial charge in [-0.15, -0.1) is 0 Å². The van der Waals surface area contributed by atoms with Gasteiger partial charge in [-0.05, 0) is 31.0 Å². The van der Waals surface area contributed by atoms with Crippen LogP contribution in [0.15, 0.2) is 42.5 Å². The normalized spacial score (nSPS) is 12.7. The summed E-state index contributed by atoms with van der Waals surface area (Å²) in [5, 5.41) is 3.67. The fourth-order valence-electron chi connectivity index (χ4n) is 4.22. The van der Waals surface area contributed by atoms with Gasteiger partial charge in [0.25, 0.3) is 0 Å². The fraction of sp³-hybridized carbons (Fsp3) is 0.500. The van der Waals surface area contributed by atoms with Crippen LogP contribution < -0.4 is 9.47 Å². The molecule has 41 heavy (non-hydrogen) atoms. The molecule has 0 aromatic heterocycles. The lowest BCUT2D eigenvalue weighted by Gasteiger charge is -2.23. The van der Waals surface area contributed by atoms with Crippen molar-refractivity contribution in [2.24, 2.45) is 0 Å². The molecule has 0 bridgehead atoms. The van der Waals surface area contributed by atoms with Crippen LogP contribution >= 0.6 is 11.6 Å². The van der Waals surface area contributed by atoms with Gasteiger partial charge in [0, 0.05) is 52.6 Å². The van der Waals surface area contributed by atoms with E-state index in [2.05, 4.69) is 0 Å². The van der Waals surface area contributed by atoms with Crippen molar-refractivity contribution < 1.29 is 38.0 Å². The quantitative estimate of drug-likeness (QED) is 0.0900. The Kier molecular flexibility index (Phi) is 13.5. The first kappa shape index (κ1) is 32.4. The number of fused-ring (bicyclic) bond motifs is 2. The van der Waals surface area contributed by atoms with Gasteiger partial charge in [0.2, 0.25) is 0 Å². The molecule has 0 saturated heterocycles. The zero-order chi connectivity index (χ0) is 29.6. The molecule has 0 amide bonds. The number of ether oxygens (including phenoxy) is 6. The molecule has 0 spiro atoms. The first-order chi connectivity index (χ1) is 19.9. The Morgan fingerprint density at radius 2 is 1.12 bits per heavy atom. The summed E-state index contributed by atoms with van der Waals surface area (Å²) in [6.07, 6.45) is 1.09. The summed E-state index contributed by atoms with van der Waals surface area (Å²) >= 11 is 6.44. The topological polar surface area (TPSA) is 89.5 Å². The summed E-state index contributed by atoms with van der Waals surface area (Å²) in [4.78, 5) is 24.1. The van der Waals surface area contributed by atoms with Gasteiger partial charge in [-0.1, -0.05) is 63.6 Å². The van der Waals surface area contributed by atoms with Gasteiger partial charge in [-0.25, -0.2) is 0 Å². The van der Waals surface area contributed by atoms with E-state index in [1.54, 1.807) is 19.9 Å². The largest absolute Gasteiger partial charge is 0.488 e. The van der Waals surface area contributed by atoms with Gasteiger partial charge in [-0.3, -0.25) is 9.59 Å². The minimum atomic E-state index is -0.574. The summed E-state index contributed by atoms with van der Waals surface area (Å²) in [5.74, 6) is 0.582. The second-order valence-electron chi connectivity index (χ2n) is 9.60.